The van der Waals surface area contributed by atoms with Crippen LogP contribution in [-0.4, -0.2) is 48.4 Å². The zero-order valence-corrected chi connectivity index (χ0v) is 9.09. The van der Waals surface area contributed by atoms with Gasteiger partial charge in [-0.05, 0) is 18.7 Å². The van der Waals surface area contributed by atoms with Gasteiger partial charge in [-0.25, -0.2) is 0 Å². The second-order valence-electron chi connectivity index (χ2n) is 3.44. The molecule has 0 aliphatic rings. The van der Waals surface area contributed by atoms with E-state index in [0.717, 1.165) is 13.1 Å². The van der Waals surface area contributed by atoms with Crippen molar-refractivity contribution in [3.8, 4) is 0 Å². The first kappa shape index (κ1) is 12.1. The molecule has 4 heteroatoms. The summed E-state index contributed by atoms with van der Waals surface area (Å²) >= 11 is 0. The van der Waals surface area contributed by atoms with Crippen molar-refractivity contribution in [2.24, 2.45) is 0 Å². The average molecular weight is 210 g/mol. The van der Waals surface area contributed by atoms with Gasteiger partial charge in [-0.1, -0.05) is 6.07 Å². The van der Waals surface area contributed by atoms with Gasteiger partial charge in [0, 0.05) is 25.5 Å². The average Bonchev–Trinajstić information content (AvgIpc) is 2.26. The molecular weight excluding hydrogens is 192 g/mol. The summed E-state index contributed by atoms with van der Waals surface area (Å²) in [5.74, 6) is 0. The van der Waals surface area contributed by atoms with Gasteiger partial charge in [-0.15, -0.1) is 0 Å². The number of aliphatic hydroxyl groups is 1. The minimum Gasteiger partial charge on any atom is -0.394 e. The summed E-state index contributed by atoms with van der Waals surface area (Å²) in [4.78, 5) is 6.22. The summed E-state index contributed by atoms with van der Waals surface area (Å²) in [7, 11) is 2.04. The van der Waals surface area contributed by atoms with Crippen LogP contribution in [0.15, 0.2) is 24.5 Å². The normalized spacial score (nSPS) is 10.9. The molecule has 0 saturated heterocycles. The van der Waals surface area contributed by atoms with E-state index in [9.17, 15) is 0 Å². The Morgan fingerprint density at radius 2 is 2.33 bits per heavy atom. The topological polar surface area (TPSA) is 45.6 Å². The molecule has 0 amide bonds. The fourth-order valence-electron chi connectivity index (χ4n) is 1.27. The van der Waals surface area contributed by atoms with Crippen molar-refractivity contribution in [1.29, 1.82) is 0 Å². The lowest BCUT2D eigenvalue weighted by Crippen LogP contribution is -2.23. The molecule has 4 nitrogen and oxygen atoms in total. The third-order valence-corrected chi connectivity index (χ3v) is 2.03. The molecule has 0 bridgehead atoms. The van der Waals surface area contributed by atoms with Gasteiger partial charge in [-0.3, -0.25) is 9.88 Å². The van der Waals surface area contributed by atoms with E-state index in [1.54, 1.807) is 6.20 Å². The number of pyridine rings is 1. The molecule has 0 aliphatic heterocycles. The number of aromatic nitrogens is 1. The highest BCUT2D eigenvalue weighted by Crippen LogP contribution is 1.99. The quantitative estimate of drug-likeness (QED) is 0.667. The highest BCUT2D eigenvalue weighted by atomic mass is 16.5. The first-order chi connectivity index (χ1) is 7.33. The van der Waals surface area contributed by atoms with E-state index in [-0.39, 0.29) is 6.61 Å². The van der Waals surface area contributed by atoms with Crippen LogP contribution >= 0.6 is 0 Å². The maximum atomic E-state index is 8.52. The molecule has 0 saturated carbocycles. The molecule has 0 aromatic carbocycles. The summed E-state index contributed by atoms with van der Waals surface area (Å²) in [6, 6.07) is 3.99. The van der Waals surface area contributed by atoms with Gasteiger partial charge in [-0.2, -0.15) is 0 Å². The Hall–Kier alpha value is -0.970. The van der Waals surface area contributed by atoms with Gasteiger partial charge in [0.05, 0.1) is 19.8 Å². The smallest absolute Gasteiger partial charge is 0.0698 e. The molecule has 1 N–H and O–H groups in total. The van der Waals surface area contributed by atoms with Crippen molar-refractivity contribution in [2.75, 3.05) is 33.4 Å². The van der Waals surface area contributed by atoms with Crippen molar-refractivity contribution in [3.63, 3.8) is 0 Å². The second-order valence-corrected chi connectivity index (χ2v) is 3.44. The summed E-state index contributed by atoms with van der Waals surface area (Å²) < 4.78 is 5.18. The highest BCUT2D eigenvalue weighted by molar-refractivity contribution is 5.07. The molecule has 0 spiro atoms. The van der Waals surface area contributed by atoms with Crippen LogP contribution in [0.5, 0.6) is 0 Å². The Kier molecular flexibility index (Phi) is 5.92. The maximum Gasteiger partial charge on any atom is 0.0698 e. The molecule has 1 heterocycles. The SMILES string of the molecule is CN(CCOCCO)Cc1cccnc1. The van der Waals surface area contributed by atoms with Crippen LogP contribution in [-0.2, 0) is 11.3 Å². The predicted molar refractivity (Wildman–Crippen MR) is 58.5 cm³/mol. The van der Waals surface area contributed by atoms with Crippen LogP contribution in [0.2, 0.25) is 0 Å². The van der Waals surface area contributed by atoms with E-state index in [0.29, 0.717) is 13.2 Å². The highest BCUT2D eigenvalue weighted by Gasteiger charge is 1.99. The van der Waals surface area contributed by atoms with E-state index >= 15 is 0 Å². The zero-order valence-electron chi connectivity index (χ0n) is 9.09. The fourth-order valence-corrected chi connectivity index (χ4v) is 1.27. The first-order valence-electron chi connectivity index (χ1n) is 5.09. The number of rotatable bonds is 7. The Morgan fingerprint density at radius 1 is 1.47 bits per heavy atom. The molecule has 0 fully saturated rings. The molecule has 0 unspecified atom stereocenters. The van der Waals surface area contributed by atoms with Crippen LogP contribution in [0.1, 0.15) is 5.56 Å². The van der Waals surface area contributed by atoms with Crippen LogP contribution in [0.25, 0.3) is 0 Å². The zero-order chi connectivity index (χ0) is 10.9. The van der Waals surface area contributed by atoms with Gasteiger partial charge in [0.2, 0.25) is 0 Å². The van der Waals surface area contributed by atoms with E-state index in [1.165, 1.54) is 5.56 Å². The van der Waals surface area contributed by atoms with Crippen LogP contribution in [0.4, 0.5) is 0 Å². The number of likely N-dealkylation sites (N-methyl/N-ethyl adjacent to an activating group) is 1. The molecule has 84 valence electrons. The maximum absolute atomic E-state index is 8.52. The molecular formula is C11H18N2O2. The summed E-state index contributed by atoms with van der Waals surface area (Å²) in [5.41, 5.74) is 1.20. The summed E-state index contributed by atoms with van der Waals surface area (Å²) in [5, 5.41) is 8.52. The van der Waals surface area contributed by atoms with Crippen molar-refractivity contribution in [1.82, 2.24) is 9.88 Å². The van der Waals surface area contributed by atoms with Gasteiger partial charge in [0.15, 0.2) is 0 Å². The monoisotopic (exact) mass is 210 g/mol. The minimum atomic E-state index is 0.0896. The molecule has 0 atom stereocenters. The lowest BCUT2D eigenvalue weighted by atomic mass is 10.3. The third kappa shape index (κ3) is 5.47. The predicted octanol–water partition coefficient (Wildman–Crippen LogP) is 0.522. The van der Waals surface area contributed by atoms with Crippen molar-refractivity contribution in [3.05, 3.63) is 30.1 Å². The number of aliphatic hydroxyl groups excluding tert-OH is 1. The van der Waals surface area contributed by atoms with Crippen molar-refractivity contribution < 1.29 is 9.84 Å². The molecule has 1 rings (SSSR count). The fraction of sp³-hybridized carbons (Fsp3) is 0.545. The second kappa shape index (κ2) is 7.34. The molecule has 15 heavy (non-hydrogen) atoms. The van der Waals surface area contributed by atoms with Crippen LogP contribution < -0.4 is 0 Å². The molecule has 0 aliphatic carbocycles. The molecule has 1 aromatic heterocycles. The van der Waals surface area contributed by atoms with E-state index in [4.69, 9.17) is 9.84 Å². The third-order valence-electron chi connectivity index (χ3n) is 2.03. The van der Waals surface area contributed by atoms with Gasteiger partial charge >= 0.3 is 0 Å². The van der Waals surface area contributed by atoms with Crippen molar-refractivity contribution >= 4 is 0 Å². The van der Waals surface area contributed by atoms with E-state index in [1.807, 2.05) is 19.3 Å². The Balaban J connectivity index is 2.16. The molecule has 1 aromatic rings. The van der Waals surface area contributed by atoms with Crippen LogP contribution in [0, 0.1) is 0 Å². The van der Waals surface area contributed by atoms with E-state index in [2.05, 4.69) is 16.0 Å². The number of nitrogens with zero attached hydrogens (tertiary/aromatic N) is 2. The van der Waals surface area contributed by atoms with Gasteiger partial charge in [0.25, 0.3) is 0 Å². The lowest BCUT2D eigenvalue weighted by Gasteiger charge is -2.16. The number of ether oxygens (including phenoxy) is 1. The Morgan fingerprint density at radius 3 is 3.00 bits per heavy atom. The Labute approximate surface area is 90.5 Å². The standard InChI is InChI=1S/C11H18N2O2/c1-13(5-7-15-8-6-14)10-11-3-2-4-12-9-11/h2-4,9,14H,5-8,10H2,1H3. The first-order valence-corrected chi connectivity index (χ1v) is 5.09. The lowest BCUT2D eigenvalue weighted by molar-refractivity contribution is 0.0773. The van der Waals surface area contributed by atoms with Crippen LogP contribution in [0.3, 0.4) is 0 Å². The van der Waals surface area contributed by atoms with Gasteiger partial charge < -0.3 is 9.84 Å². The summed E-state index contributed by atoms with van der Waals surface area (Å²) in [6.07, 6.45) is 3.64. The summed E-state index contributed by atoms with van der Waals surface area (Å²) in [6.45, 7) is 2.88. The number of hydrogen-bond acceptors (Lipinski definition) is 4. The Bertz CT molecular complexity index is 254. The van der Waals surface area contributed by atoms with Crippen molar-refractivity contribution in [2.45, 2.75) is 6.54 Å². The minimum absolute atomic E-state index is 0.0896. The molecule has 0 radical (unpaired) electrons. The number of hydrogen-bond donors (Lipinski definition) is 1. The largest absolute Gasteiger partial charge is 0.394 e. The van der Waals surface area contributed by atoms with Gasteiger partial charge in [0.1, 0.15) is 0 Å². The van der Waals surface area contributed by atoms with E-state index < -0.39 is 0 Å².